The summed E-state index contributed by atoms with van der Waals surface area (Å²) in [5, 5.41) is 9.70. The van der Waals surface area contributed by atoms with Crippen LogP contribution in [0.5, 0.6) is 0 Å². The summed E-state index contributed by atoms with van der Waals surface area (Å²) < 4.78 is 17.9. The van der Waals surface area contributed by atoms with E-state index in [0.29, 0.717) is 11.5 Å². The molecule has 1 aromatic rings. The summed E-state index contributed by atoms with van der Waals surface area (Å²) in [6, 6.07) is 1.98. The van der Waals surface area contributed by atoms with E-state index in [-0.39, 0.29) is 24.4 Å². The van der Waals surface area contributed by atoms with Crippen LogP contribution in [0, 0.1) is 0 Å². The van der Waals surface area contributed by atoms with Crippen molar-refractivity contribution in [1.29, 1.82) is 0 Å². The van der Waals surface area contributed by atoms with Crippen LogP contribution in [0.1, 0.15) is 5.56 Å². The van der Waals surface area contributed by atoms with Crippen molar-refractivity contribution in [3.63, 3.8) is 0 Å². The highest BCUT2D eigenvalue weighted by Gasteiger charge is 2.21. The number of carbonyl (C=O) groups is 1. The van der Waals surface area contributed by atoms with Crippen molar-refractivity contribution < 1.29 is 13.9 Å². The van der Waals surface area contributed by atoms with Gasteiger partial charge in [-0.3, -0.25) is 0 Å². The number of esters is 1. The molecule has 102 valence electrons. The molecule has 7 heteroatoms. The van der Waals surface area contributed by atoms with E-state index in [1.807, 2.05) is 16.8 Å². The second-order valence-corrected chi connectivity index (χ2v) is 5.10. The predicted octanol–water partition coefficient (Wildman–Crippen LogP) is 1.54. The molecule has 0 aliphatic carbocycles. The first kappa shape index (κ1) is 14.0. The van der Waals surface area contributed by atoms with Gasteiger partial charge in [-0.1, -0.05) is 0 Å². The SMILES string of the molecule is O=C(OCCc1ccsc1)C1=C(CF)NC(=S)NC1. The maximum Gasteiger partial charge on any atom is 0.337 e. The number of ether oxygens (including phenoxy) is 1. The maximum atomic E-state index is 12.8. The van der Waals surface area contributed by atoms with Gasteiger partial charge < -0.3 is 15.4 Å². The Labute approximate surface area is 119 Å². The summed E-state index contributed by atoms with van der Waals surface area (Å²) in [6.07, 6.45) is 0.659. The third-order valence-electron chi connectivity index (χ3n) is 2.64. The van der Waals surface area contributed by atoms with E-state index in [1.54, 1.807) is 11.3 Å². The van der Waals surface area contributed by atoms with Crippen LogP contribution in [0.4, 0.5) is 4.39 Å². The fourth-order valence-corrected chi connectivity index (χ4v) is 2.52. The van der Waals surface area contributed by atoms with E-state index in [9.17, 15) is 9.18 Å². The molecule has 0 radical (unpaired) electrons. The number of nitrogens with one attached hydrogen (secondary N) is 2. The fourth-order valence-electron chi connectivity index (χ4n) is 1.63. The Bertz CT molecular complexity index is 500. The Kier molecular flexibility index (Phi) is 4.86. The molecule has 2 rings (SSSR count). The molecule has 0 fully saturated rings. The zero-order chi connectivity index (χ0) is 13.7. The lowest BCUT2D eigenvalue weighted by atomic mass is 10.2. The first-order valence-electron chi connectivity index (χ1n) is 5.71. The predicted molar refractivity (Wildman–Crippen MR) is 75.7 cm³/mol. The number of rotatable bonds is 5. The van der Waals surface area contributed by atoms with Gasteiger partial charge in [0.05, 0.1) is 24.4 Å². The molecule has 0 amide bonds. The molecule has 0 saturated carbocycles. The number of hydrogen-bond donors (Lipinski definition) is 2. The van der Waals surface area contributed by atoms with Gasteiger partial charge in [-0.15, -0.1) is 0 Å². The van der Waals surface area contributed by atoms with E-state index in [0.717, 1.165) is 5.56 Å². The van der Waals surface area contributed by atoms with E-state index in [2.05, 4.69) is 10.6 Å². The Balaban J connectivity index is 1.89. The molecule has 2 heterocycles. The monoisotopic (exact) mass is 300 g/mol. The average molecular weight is 300 g/mol. The molecule has 1 aliphatic rings. The van der Waals surface area contributed by atoms with Gasteiger partial charge in [-0.25, -0.2) is 9.18 Å². The molecular formula is C12H13FN2O2S2. The Morgan fingerprint density at radius 2 is 2.42 bits per heavy atom. The number of alkyl halides is 1. The first-order valence-corrected chi connectivity index (χ1v) is 7.07. The third-order valence-corrected chi connectivity index (χ3v) is 3.62. The van der Waals surface area contributed by atoms with Gasteiger partial charge in [-0.2, -0.15) is 11.3 Å². The van der Waals surface area contributed by atoms with Crippen LogP contribution in [0.15, 0.2) is 28.1 Å². The summed E-state index contributed by atoms with van der Waals surface area (Å²) in [5.74, 6) is -0.509. The summed E-state index contributed by atoms with van der Waals surface area (Å²) in [6.45, 7) is -0.289. The second kappa shape index (κ2) is 6.63. The summed E-state index contributed by atoms with van der Waals surface area (Å²) >= 11 is 6.45. The minimum absolute atomic E-state index is 0.185. The van der Waals surface area contributed by atoms with E-state index in [1.165, 1.54) is 0 Å². The van der Waals surface area contributed by atoms with Crippen molar-refractivity contribution in [3.8, 4) is 0 Å². The standard InChI is InChI=1S/C12H13FN2O2S2/c13-5-10-9(6-14-12(18)15-10)11(16)17-3-1-8-2-4-19-7-8/h2,4,7H,1,3,5-6H2,(H2,14,15,18). The lowest BCUT2D eigenvalue weighted by Crippen LogP contribution is -2.44. The van der Waals surface area contributed by atoms with Crippen LogP contribution in [0.25, 0.3) is 0 Å². The molecule has 2 N–H and O–H groups in total. The van der Waals surface area contributed by atoms with Crippen molar-refractivity contribution in [1.82, 2.24) is 10.6 Å². The number of allylic oxidation sites excluding steroid dienone is 1. The van der Waals surface area contributed by atoms with Crippen LogP contribution >= 0.6 is 23.6 Å². The smallest absolute Gasteiger partial charge is 0.337 e. The Morgan fingerprint density at radius 3 is 3.11 bits per heavy atom. The third kappa shape index (κ3) is 3.74. The van der Waals surface area contributed by atoms with Crippen molar-refractivity contribution >= 4 is 34.6 Å². The molecule has 19 heavy (non-hydrogen) atoms. The average Bonchev–Trinajstić information content (AvgIpc) is 2.91. The number of thiophene rings is 1. The van der Waals surface area contributed by atoms with Gasteiger partial charge in [0, 0.05) is 6.42 Å². The molecule has 1 aromatic heterocycles. The molecule has 4 nitrogen and oxygen atoms in total. The summed E-state index contributed by atoms with van der Waals surface area (Å²) in [5.41, 5.74) is 1.57. The Morgan fingerprint density at radius 1 is 1.58 bits per heavy atom. The van der Waals surface area contributed by atoms with Crippen molar-refractivity contribution in [3.05, 3.63) is 33.7 Å². The topological polar surface area (TPSA) is 50.4 Å². The van der Waals surface area contributed by atoms with Crippen LogP contribution < -0.4 is 10.6 Å². The molecule has 0 spiro atoms. The summed E-state index contributed by atoms with van der Waals surface area (Å²) in [7, 11) is 0. The highest BCUT2D eigenvalue weighted by atomic mass is 32.1. The van der Waals surface area contributed by atoms with Gasteiger partial charge >= 0.3 is 5.97 Å². The van der Waals surface area contributed by atoms with Gasteiger partial charge in [0.25, 0.3) is 0 Å². The zero-order valence-electron chi connectivity index (χ0n) is 10.1. The van der Waals surface area contributed by atoms with Crippen molar-refractivity contribution in [2.75, 3.05) is 19.8 Å². The van der Waals surface area contributed by atoms with Gasteiger partial charge in [0.15, 0.2) is 5.11 Å². The van der Waals surface area contributed by atoms with Gasteiger partial charge in [-0.05, 0) is 34.6 Å². The maximum absolute atomic E-state index is 12.8. The fraction of sp³-hybridized carbons (Fsp3) is 0.333. The molecule has 0 saturated heterocycles. The van der Waals surface area contributed by atoms with E-state index >= 15 is 0 Å². The highest BCUT2D eigenvalue weighted by Crippen LogP contribution is 2.10. The van der Waals surface area contributed by atoms with Crippen molar-refractivity contribution in [2.45, 2.75) is 6.42 Å². The van der Waals surface area contributed by atoms with Gasteiger partial charge in [0.2, 0.25) is 0 Å². The highest BCUT2D eigenvalue weighted by molar-refractivity contribution is 7.80. The normalized spacial score (nSPS) is 14.9. The van der Waals surface area contributed by atoms with Gasteiger partial charge in [0.1, 0.15) is 6.67 Å². The molecule has 0 atom stereocenters. The molecular weight excluding hydrogens is 287 g/mol. The minimum atomic E-state index is -0.767. The Hall–Kier alpha value is -1.47. The molecule has 0 bridgehead atoms. The molecule has 0 unspecified atom stereocenters. The number of hydrogen-bond acceptors (Lipinski definition) is 4. The second-order valence-electron chi connectivity index (χ2n) is 3.92. The lowest BCUT2D eigenvalue weighted by Gasteiger charge is -2.21. The first-order chi connectivity index (χ1) is 9.20. The van der Waals surface area contributed by atoms with Crippen molar-refractivity contribution in [2.24, 2.45) is 0 Å². The number of carbonyl (C=O) groups excluding carboxylic acids is 1. The largest absolute Gasteiger partial charge is 0.462 e. The lowest BCUT2D eigenvalue weighted by molar-refractivity contribution is -0.139. The molecule has 0 aromatic carbocycles. The number of halogens is 1. The van der Waals surface area contributed by atoms with Crippen LogP contribution in [-0.2, 0) is 16.0 Å². The quantitative estimate of drug-likeness (QED) is 0.638. The van der Waals surface area contributed by atoms with E-state index < -0.39 is 12.6 Å². The van der Waals surface area contributed by atoms with Crippen LogP contribution in [0.2, 0.25) is 0 Å². The molecule has 1 aliphatic heterocycles. The summed E-state index contributed by atoms with van der Waals surface area (Å²) in [4.78, 5) is 11.8. The van der Waals surface area contributed by atoms with Crippen LogP contribution in [0.3, 0.4) is 0 Å². The minimum Gasteiger partial charge on any atom is -0.462 e. The number of thiocarbonyl (C=S) groups is 1. The van der Waals surface area contributed by atoms with Crippen LogP contribution in [-0.4, -0.2) is 30.9 Å². The zero-order valence-corrected chi connectivity index (χ0v) is 11.7. The van der Waals surface area contributed by atoms with E-state index in [4.69, 9.17) is 17.0 Å².